The number of nitrogens with one attached hydrogen (secondary N) is 2. The third kappa shape index (κ3) is 9.21. The Bertz CT molecular complexity index is 1690. The van der Waals surface area contributed by atoms with Crippen LogP contribution in [0.25, 0.3) is 5.69 Å². The maximum absolute atomic E-state index is 12.5. The molecule has 12 nitrogen and oxygen atoms in total. The molecule has 0 aliphatic carbocycles. The molecule has 2 amide bonds. The van der Waals surface area contributed by atoms with Gasteiger partial charge in [-0.25, -0.2) is 9.67 Å². The van der Waals surface area contributed by atoms with Crippen molar-refractivity contribution in [2.45, 2.75) is 90.0 Å². The first-order chi connectivity index (χ1) is 24.1. The van der Waals surface area contributed by atoms with Crippen molar-refractivity contribution in [1.29, 1.82) is 0 Å². The van der Waals surface area contributed by atoms with Crippen LogP contribution < -0.4 is 21.3 Å². The Labute approximate surface area is 294 Å². The number of primary amides is 1. The number of carboxylic acid groups (broad SMARTS) is 1. The Kier molecular flexibility index (Phi) is 11.4. The number of nitrogens with zero attached hydrogens (tertiary/aromatic N) is 5. The lowest BCUT2D eigenvalue weighted by Gasteiger charge is -2.26. The maximum Gasteiger partial charge on any atom is 0.304 e. The second kappa shape index (κ2) is 16.1. The Balaban J connectivity index is 1.15. The minimum Gasteiger partial charge on any atom is -0.481 e. The van der Waals surface area contributed by atoms with Crippen molar-refractivity contribution in [3.05, 3.63) is 64.6 Å². The number of aromatic nitrogens is 3. The highest BCUT2D eigenvalue weighted by Gasteiger charge is 2.29. The first-order valence-electron chi connectivity index (χ1n) is 18.3. The second-order valence-corrected chi connectivity index (χ2v) is 14.5. The van der Waals surface area contributed by atoms with Gasteiger partial charge in [0.05, 0.1) is 17.8 Å². The lowest BCUT2D eigenvalue weighted by molar-refractivity contribution is -0.137. The van der Waals surface area contributed by atoms with Crippen molar-refractivity contribution in [3.63, 3.8) is 0 Å². The number of carboxylic acids is 1. The van der Waals surface area contributed by atoms with Gasteiger partial charge in [0.15, 0.2) is 0 Å². The summed E-state index contributed by atoms with van der Waals surface area (Å²) in [5.74, 6) is 0.124. The fraction of sp³-hybridized carbons (Fsp3) is 0.553. The molecule has 0 spiro atoms. The number of carbonyl (C=O) groups excluding carboxylic acids is 2. The molecule has 0 bridgehead atoms. The van der Waals surface area contributed by atoms with E-state index in [1.54, 1.807) is 0 Å². The van der Waals surface area contributed by atoms with Crippen molar-refractivity contribution in [2.24, 2.45) is 11.7 Å². The summed E-state index contributed by atoms with van der Waals surface area (Å²) in [6, 6.07) is 12.8. The second-order valence-electron chi connectivity index (χ2n) is 14.5. The normalized spacial score (nSPS) is 19.6. The first-order valence-corrected chi connectivity index (χ1v) is 18.3. The van der Waals surface area contributed by atoms with Gasteiger partial charge in [0.25, 0.3) is 0 Å². The molecule has 5 N–H and O–H groups in total. The number of carbonyl (C=O) groups is 3. The molecule has 2 fully saturated rings. The molecular weight excluding hydrogens is 632 g/mol. The molecule has 1 aromatic carbocycles. The molecule has 268 valence electrons. The number of amides is 2. The van der Waals surface area contributed by atoms with Gasteiger partial charge < -0.3 is 31.3 Å². The van der Waals surface area contributed by atoms with Crippen LogP contribution >= 0.6 is 0 Å². The number of nitrogens with two attached hydrogens (primary N) is 1. The summed E-state index contributed by atoms with van der Waals surface area (Å²) in [7, 11) is 0. The van der Waals surface area contributed by atoms with Crippen molar-refractivity contribution in [2.75, 3.05) is 49.5 Å². The first kappa shape index (κ1) is 35.4. The maximum atomic E-state index is 12.5. The lowest BCUT2D eigenvalue weighted by atomic mass is 9.93. The van der Waals surface area contributed by atoms with Crippen LogP contribution in [0.4, 0.5) is 11.5 Å². The van der Waals surface area contributed by atoms with E-state index in [0.717, 1.165) is 105 Å². The molecule has 0 radical (unpaired) electrons. The Morgan fingerprint density at radius 3 is 2.68 bits per heavy atom. The van der Waals surface area contributed by atoms with Crippen molar-refractivity contribution >= 4 is 29.3 Å². The highest BCUT2D eigenvalue weighted by atomic mass is 16.4. The van der Waals surface area contributed by atoms with E-state index in [-0.39, 0.29) is 37.1 Å². The summed E-state index contributed by atoms with van der Waals surface area (Å²) in [6.45, 7) is 8.98. The van der Waals surface area contributed by atoms with E-state index in [1.807, 2.05) is 24.6 Å². The minimum atomic E-state index is -0.809. The number of aliphatic carboxylic acids is 1. The number of fused-ring (bicyclic) bond motifs is 1. The summed E-state index contributed by atoms with van der Waals surface area (Å²) in [4.78, 5) is 45.5. The van der Waals surface area contributed by atoms with E-state index in [4.69, 9.17) is 15.8 Å². The molecular formula is C38H52N8O4. The predicted octanol–water partition coefficient (Wildman–Crippen LogP) is 4.11. The van der Waals surface area contributed by atoms with Crippen LogP contribution in [0, 0.1) is 19.8 Å². The molecule has 2 unspecified atom stereocenters. The lowest BCUT2D eigenvalue weighted by Crippen LogP contribution is -2.37. The van der Waals surface area contributed by atoms with Crippen LogP contribution in [0.15, 0.2) is 36.4 Å². The molecule has 3 aliphatic rings. The third-order valence-electron chi connectivity index (χ3n) is 10.4. The largest absolute Gasteiger partial charge is 0.481 e. The molecule has 12 heteroatoms. The quantitative estimate of drug-likeness (QED) is 0.185. The fourth-order valence-corrected chi connectivity index (χ4v) is 7.87. The van der Waals surface area contributed by atoms with Crippen LogP contribution in [0.5, 0.6) is 0 Å². The zero-order valence-electron chi connectivity index (χ0n) is 29.5. The van der Waals surface area contributed by atoms with Crippen LogP contribution in [-0.2, 0) is 27.2 Å². The van der Waals surface area contributed by atoms with Gasteiger partial charge in [-0.3, -0.25) is 14.4 Å². The van der Waals surface area contributed by atoms with Gasteiger partial charge in [0, 0.05) is 74.6 Å². The zero-order chi connectivity index (χ0) is 35.2. The topological polar surface area (TPSA) is 159 Å². The summed E-state index contributed by atoms with van der Waals surface area (Å²) < 4.78 is 1.93. The van der Waals surface area contributed by atoms with Crippen molar-refractivity contribution < 1.29 is 19.5 Å². The number of hydrogen-bond acceptors (Lipinski definition) is 8. The van der Waals surface area contributed by atoms with E-state index < -0.39 is 11.9 Å². The molecule has 50 heavy (non-hydrogen) atoms. The van der Waals surface area contributed by atoms with Gasteiger partial charge in [0.2, 0.25) is 11.8 Å². The van der Waals surface area contributed by atoms with Gasteiger partial charge in [-0.05, 0) is 113 Å². The number of hydrogen-bond donors (Lipinski definition) is 4. The number of benzene rings is 1. The van der Waals surface area contributed by atoms with E-state index in [9.17, 15) is 19.5 Å². The zero-order valence-corrected chi connectivity index (χ0v) is 29.5. The van der Waals surface area contributed by atoms with Crippen LogP contribution in [0.1, 0.15) is 85.5 Å². The number of anilines is 2. The van der Waals surface area contributed by atoms with Gasteiger partial charge >= 0.3 is 5.97 Å². The third-order valence-corrected chi connectivity index (χ3v) is 10.4. The Morgan fingerprint density at radius 1 is 1.06 bits per heavy atom. The van der Waals surface area contributed by atoms with Crippen molar-refractivity contribution in [1.82, 2.24) is 25.0 Å². The van der Waals surface area contributed by atoms with Crippen LogP contribution in [0.2, 0.25) is 0 Å². The molecule has 5 heterocycles. The number of pyridine rings is 1. The predicted molar refractivity (Wildman–Crippen MR) is 194 cm³/mol. The Morgan fingerprint density at radius 2 is 1.90 bits per heavy atom. The molecule has 3 aromatic rings. The SMILES string of the molecule is Cc1cc(C)n(-c2cc([C@H](CC(=O)O)CN3CCC(CCc4ccc5c(n4)NCCC5)C3)cc(N3CCC(NC(=O)CCCC(N)=O)C3)c2)n1. The summed E-state index contributed by atoms with van der Waals surface area (Å²) in [6.07, 6.45) is 7.12. The molecule has 3 atom stereocenters. The average Bonchev–Trinajstić information content (AvgIpc) is 3.82. The fourth-order valence-electron chi connectivity index (χ4n) is 7.87. The summed E-state index contributed by atoms with van der Waals surface area (Å²) in [5.41, 5.74) is 12.5. The summed E-state index contributed by atoms with van der Waals surface area (Å²) >= 11 is 0. The molecule has 3 aliphatic heterocycles. The standard InChI is InChI=1S/C38H52N8O4/c1-25-17-26(2)46(43-25)34-19-29(18-33(21-34)45-16-13-32(24-45)41-36(48)7-3-6-35(39)47)30(20-37(49)50)23-44-15-12-27(22-44)8-10-31-11-9-28-5-4-14-40-38(28)42-31/h9,11,17-19,21,27,30,32H,3-8,10,12-16,20,22-24H2,1-2H3,(H2,39,47)(H,40,42)(H,41,48)(H,49,50)/t27?,30-,32?/m1/s1. The van der Waals surface area contributed by atoms with Crippen LogP contribution in [-0.4, -0.2) is 87.9 Å². The number of likely N-dealkylation sites (tertiary alicyclic amines) is 1. The molecule has 2 saturated heterocycles. The molecule has 0 saturated carbocycles. The highest BCUT2D eigenvalue weighted by Crippen LogP contribution is 2.33. The van der Waals surface area contributed by atoms with E-state index in [0.29, 0.717) is 25.4 Å². The average molecular weight is 685 g/mol. The van der Waals surface area contributed by atoms with E-state index in [1.165, 1.54) is 5.56 Å². The van der Waals surface area contributed by atoms with E-state index in [2.05, 4.69) is 50.8 Å². The highest BCUT2D eigenvalue weighted by molar-refractivity contribution is 5.78. The number of rotatable bonds is 15. The van der Waals surface area contributed by atoms with Crippen molar-refractivity contribution in [3.8, 4) is 5.69 Å². The van der Waals surface area contributed by atoms with E-state index >= 15 is 0 Å². The van der Waals surface area contributed by atoms with Crippen LogP contribution in [0.3, 0.4) is 0 Å². The van der Waals surface area contributed by atoms with Gasteiger partial charge in [-0.1, -0.05) is 6.07 Å². The van der Waals surface area contributed by atoms with Gasteiger partial charge in [-0.2, -0.15) is 5.10 Å². The molecule has 2 aromatic heterocycles. The monoisotopic (exact) mass is 684 g/mol. The smallest absolute Gasteiger partial charge is 0.304 e. The number of aryl methyl sites for hydroxylation is 4. The Hall–Kier alpha value is -4.45. The minimum absolute atomic E-state index is 0.0130. The van der Waals surface area contributed by atoms with Gasteiger partial charge in [0.1, 0.15) is 5.82 Å². The van der Waals surface area contributed by atoms with Gasteiger partial charge in [-0.15, -0.1) is 0 Å². The summed E-state index contributed by atoms with van der Waals surface area (Å²) in [5, 5.41) is 21.4. The molecule has 6 rings (SSSR count).